The minimum atomic E-state index is -0.259. The second kappa shape index (κ2) is 15.8. The highest BCUT2D eigenvalue weighted by Gasteiger charge is 2.26. The predicted octanol–water partition coefficient (Wildman–Crippen LogP) is 4.42. The molecule has 0 aliphatic carbocycles. The molecule has 0 aromatic rings. The molecule has 0 saturated carbocycles. The van der Waals surface area contributed by atoms with Crippen LogP contribution >= 0.6 is 0 Å². The molecule has 0 aromatic carbocycles. The molecule has 2 atom stereocenters. The lowest BCUT2D eigenvalue weighted by atomic mass is 10.1. The molecule has 27 heavy (non-hydrogen) atoms. The van der Waals surface area contributed by atoms with Crippen LogP contribution in [0.25, 0.3) is 0 Å². The van der Waals surface area contributed by atoms with Crippen molar-refractivity contribution in [3.63, 3.8) is 0 Å². The monoisotopic (exact) mass is 388 g/mol. The maximum Gasteiger partial charge on any atom is 0.305 e. The highest BCUT2D eigenvalue weighted by atomic mass is 17.3. The van der Waals surface area contributed by atoms with Crippen LogP contribution in [0.1, 0.15) is 89.9 Å². The molecule has 0 radical (unpaired) electrons. The molecule has 1 rings (SSSR count). The summed E-state index contributed by atoms with van der Waals surface area (Å²) >= 11 is 0. The second-order valence-corrected chi connectivity index (χ2v) is 6.95. The fourth-order valence-corrected chi connectivity index (χ4v) is 3.00. The lowest BCUT2D eigenvalue weighted by molar-refractivity contribution is -0.298. The van der Waals surface area contributed by atoms with Crippen molar-refractivity contribution in [3.8, 4) is 0 Å². The Bertz CT molecular complexity index is 364. The Morgan fingerprint density at radius 3 is 1.41 bits per heavy atom. The molecule has 1 saturated heterocycles. The summed E-state index contributed by atoms with van der Waals surface area (Å²) in [6.07, 6.45) is 12.5. The topological polar surface area (TPSA) is 80.3 Å². The van der Waals surface area contributed by atoms with E-state index in [0.29, 0.717) is 12.8 Å². The molecule has 1 aliphatic rings. The summed E-state index contributed by atoms with van der Waals surface area (Å²) < 4.78 is 15.0. The molecule has 0 N–H and O–H groups in total. The van der Waals surface area contributed by atoms with Gasteiger partial charge in [0.25, 0.3) is 0 Å². The Balaban J connectivity index is 1.87. The summed E-state index contributed by atoms with van der Waals surface area (Å²) in [4.78, 5) is 32.5. The molecule has 0 unspecified atom stereocenters. The third-order valence-corrected chi connectivity index (χ3v) is 4.67. The molecule has 7 nitrogen and oxygen atoms in total. The molecule has 0 amide bonds. The molecule has 0 spiro atoms. The van der Waals surface area contributed by atoms with E-state index in [1.54, 1.807) is 0 Å². The number of esters is 2. The molecule has 7 heteroatoms. The van der Waals surface area contributed by atoms with Crippen molar-refractivity contribution in [2.75, 3.05) is 14.2 Å². The number of carbonyl (C=O) groups is 2. The zero-order valence-corrected chi connectivity index (χ0v) is 16.9. The zero-order chi connectivity index (χ0) is 19.7. The Kier molecular flexibility index (Phi) is 14.0. The van der Waals surface area contributed by atoms with E-state index in [1.807, 2.05) is 0 Å². The molecule has 0 aromatic heterocycles. The number of unbranched alkanes of at least 4 members (excludes halogenated alkanes) is 8. The number of hydrogen-bond acceptors (Lipinski definition) is 7. The van der Waals surface area contributed by atoms with Crippen LogP contribution in [-0.2, 0) is 33.6 Å². The number of rotatable bonds is 16. The highest BCUT2D eigenvalue weighted by molar-refractivity contribution is 5.69. The Morgan fingerprint density at radius 2 is 1.00 bits per heavy atom. The molecule has 158 valence electrons. The van der Waals surface area contributed by atoms with E-state index in [4.69, 9.17) is 14.5 Å². The first-order valence-electron chi connectivity index (χ1n) is 10.3. The first-order valence-corrected chi connectivity index (χ1v) is 10.3. The Morgan fingerprint density at radius 1 is 0.630 bits per heavy atom. The van der Waals surface area contributed by atoms with Crippen molar-refractivity contribution in [1.82, 2.24) is 0 Å². The summed E-state index contributed by atoms with van der Waals surface area (Å²) in [7, 11) is 2.85. The first-order chi connectivity index (χ1) is 13.2. The van der Waals surface area contributed by atoms with E-state index in [0.717, 1.165) is 77.0 Å². The van der Waals surface area contributed by atoms with Crippen LogP contribution in [0.5, 0.6) is 0 Å². The van der Waals surface area contributed by atoms with Gasteiger partial charge in [0, 0.05) is 25.7 Å². The van der Waals surface area contributed by atoms with Gasteiger partial charge in [0.05, 0.1) is 14.2 Å². The van der Waals surface area contributed by atoms with Crippen molar-refractivity contribution in [1.29, 1.82) is 0 Å². The second-order valence-electron chi connectivity index (χ2n) is 6.95. The van der Waals surface area contributed by atoms with Gasteiger partial charge in [-0.1, -0.05) is 38.5 Å². The van der Waals surface area contributed by atoms with E-state index in [2.05, 4.69) is 9.47 Å². The molecule has 1 aliphatic heterocycles. The standard InChI is InChI=1S/C20H36O7/c1-23-17(21)13-9-5-3-7-11-15-19-25-20(27-26-19)16-12-8-4-6-10-14-18(22)24-2/h19-20H,3-16H2,1-2H3/t19-,20-/m0/s1. The largest absolute Gasteiger partial charge is 0.469 e. The van der Waals surface area contributed by atoms with E-state index in [-0.39, 0.29) is 24.5 Å². The summed E-state index contributed by atoms with van der Waals surface area (Å²) in [6, 6.07) is 0. The lowest BCUT2D eigenvalue weighted by Gasteiger charge is -2.08. The van der Waals surface area contributed by atoms with Crippen molar-refractivity contribution < 1.29 is 33.6 Å². The van der Waals surface area contributed by atoms with Gasteiger partial charge < -0.3 is 14.2 Å². The quantitative estimate of drug-likeness (QED) is 0.220. The van der Waals surface area contributed by atoms with Crippen molar-refractivity contribution in [3.05, 3.63) is 0 Å². The van der Waals surface area contributed by atoms with Crippen LogP contribution in [0, 0.1) is 0 Å². The summed E-state index contributed by atoms with van der Waals surface area (Å²) in [6.45, 7) is 0. The van der Waals surface area contributed by atoms with Gasteiger partial charge in [-0.25, -0.2) is 9.78 Å². The number of carbonyl (C=O) groups excluding carboxylic acids is 2. The average molecular weight is 389 g/mol. The number of methoxy groups -OCH3 is 2. The van der Waals surface area contributed by atoms with Crippen molar-refractivity contribution in [2.45, 2.75) is 102 Å². The molecule has 1 fully saturated rings. The Labute approximate surface area is 162 Å². The maximum absolute atomic E-state index is 11.0. The number of ether oxygens (including phenoxy) is 3. The molecule has 1 heterocycles. The predicted molar refractivity (Wildman–Crippen MR) is 99.5 cm³/mol. The zero-order valence-electron chi connectivity index (χ0n) is 16.9. The SMILES string of the molecule is COC(=O)CCCCCCC[C@@H]1OO[C@@H](CCCCCCCC(=O)OC)O1. The first kappa shape index (κ1) is 23.9. The lowest BCUT2D eigenvalue weighted by Crippen LogP contribution is -2.11. The maximum atomic E-state index is 11.0. The van der Waals surface area contributed by atoms with Gasteiger partial charge in [-0.15, -0.1) is 0 Å². The van der Waals surface area contributed by atoms with Gasteiger partial charge >= 0.3 is 11.9 Å². The third kappa shape index (κ3) is 12.8. The van der Waals surface area contributed by atoms with Crippen LogP contribution in [0.4, 0.5) is 0 Å². The average Bonchev–Trinajstić information content (AvgIpc) is 3.13. The number of hydrogen-bond donors (Lipinski definition) is 0. The fourth-order valence-electron chi connectivity index (χ4n) is 3.00. The summed E-state index contributed by atoms with van der Waals surface area (Å²) in [5.41, 5.74) is 0. The van der Waals surface area contributed by atoms with Gasteiger partial charge in [0.15, 0.2) is 12.6 Å². The van der Waals surface area contributed by atoms with Crippen molar-refractivity contribution in [2.24, 2.45) is 0 Å². The Hall–Kier alpha value is -1.18. The van der Waals surface area contributed by atoms with Crippen LogP contribution in [0.15, 0.2) is 0 Å². The molecular formula is C20H36O7. The third-order valence-electron chi connectivity index (χ3n) is 4.67. The summed E-state index contributed by atoms with van der Waals surface area (Å²) in [5, 5.41) is 0. The highest BCUT2D eigenvalue weighted by Crippen LogP contribution is 2.23. The minimum absolute atomic E-state index is 0.132. The van der Waals surface area contributed by atoms with Crippen LogP contribution < -0.4 is 0 Å². The van der Waals surface area contributed by atoms with E-state index >= 15 is 0 Å². The van der Waals surface area contributed by atoms with E-state index in [1.165, 1.54) is 14.2 Å². The van der Waals surface area contributed by atoms with Crippen LogP contribution in [0.3, 0.4) is 0 Å². The molecular weight excluding hydrogens is 352 g/mol. The van der Waals surface area contributed by atoms with E-state index in [9.17, 15) is 9.59 Å². The van der Waals surface area contributed by atoms with Gasteiger partial charge in [0.1, 0.15) is 0 Å². The van der Waals surface area contributed by atoms with Gasteiger partial charge in [-0.2, -0.15) is 0 Å². The van der Waals surface area contributed by atoms with Gasteiger partial charge in [-0.3, -0.25) is 9.59 Å². The van der Waals surface area contributed by atoms with Gasteiger partial charge in [-0.05, 0) is 25.7 Å². The van der Waals surface area contributed by atoms with Crippen LogP contribution in [-0.4, -0.2) is 38.7 Å². The van der Waals surface area contributed by atoms with Crippen molar-refractivity contribution >= 4 is 11.9 Å². The van der Waals surface area contributed by atoms with E-state index < -0.39 is 0 Å². The van der Waals surface area contributed by atoms with Crippen LogP contribution in [0.2, 0.25) is 0 Å². The smallest absolute Gasteiger partial charge is 0.305 e. The fraction of sp³-hybridized carbons (Fsp3) is 0.900. The normalized spacial score (nSPS) is 19.2. The minimum Gasteiger partial charge on any atom is -0.469 e. The molecule has 0 bridgehead atoms. The summed E-state index contributed by atoms with van der Waals surface area (Å²) in [5.74, 6) is -0.265. The van der Waals surface area contributed by atoms with Gasteiger partial charge in [0.2, 0.25) is 0 Å².